The molecule has 0 aliphatic carbocycles. The highest BCUT2D eigenvalue weighted by molar-refractivity contribution is 7.80. The molecule has 1 unspecified atom stereocenters. The summed E-state index contributed by atoms with van der Waals surface area (Å²) < 4.78 is 0. The summed E-state index contributed by atoms with van der Waals surface area (Å²) in [5.41, 5.74) is 8.06. The van der Waals surface area contributed by atoms with Crippen LogP contribution < -0.4 is 5.73 Å². The molecule has 0 saturated carbocycles. The molecule has 1 aromatic carbocycles. The summed E-state index contributed by atoms with van der Waals surface area (Å²) in [7, 11) is 0. The highest BCUT2D eigenvalue weighted by Crippen LogP contribution is 2.25. The van der Waals surface area contributed by atoms with Gasteiger partial charge in [-0.2, -0.15) is 0 Å². The normalized spacial score (nSPS) is 20.5. The molecule has 1 fully saturated rings. The fourth-order valence-electron chi connectivity index (χ4n) is 2.69. The van der Waals surface area contributed by atoms with Gasteiger partial charge in [0.1, 0.15) is 4.99 Å². The lowest BCUT2D eigenvalue weighted by atomic mass is 9.95. The SMILES string of the molecule is CC(C)C1CCN(Cc2ccccc2C(N)=S)C1. The van der Waals surface area contributed by atoms with Crippen LogP contribution in [0, 0.1) is 11.8 Å². The molecule has 0 amide bonds. The van der Waals surface area contributed by atoms with Crippen molar-refractivity contribution in [1.82, 2.24) is 4.90 Å². The number of hydrogen-bond donors (Lipinski definition) is 1. The molecule has 2 nitrogen and oxygen atoms in total. The number of nitrogens with two attached hydrogens (primary N) is 1. The van der Waals surface area contributed by atoms with Crippen molar-refractivity contribution < 1.29 is 0 Å². The largest absolute Gasteiger partial charge is 0.389 e. The minimum atomic E-state index is 0.505. The van der Waals surface area contributed by atoms with E-state index in [1.807, 2.05) is 12.1 Å². The maximum Gasteiger partial charge on any atom is 0.104 e. The van der Waals surface area contributed by atoms with Crippen LogP contribution in [0.15, 0.2) is 24.3 Å². The average Bonchev–Trinajstić information content (AvgIpc) is 2.78. The first-order valence-electron chi connectivity index (χ1n) is 6.68. The molecule has 1 atom stereocenters. The Morgan fingerprint density at radius 3 is 2.78 bits per heavy atom. The van der Waals surface area contributed by atoms with E-state index in [0.29, 0.717) is 4.99 Å². The van der Waals surface area contributed by atoms with Gasteiger partial charge in [0.2, 0.25) is 0 Å². The van der Waals surface area contributed by atoms with Crippen LogP contribution >= 0.6 is 12.2 Å². The van der Waals surface area contributed by atoms with Crippen LogP contribution in [0.4, 0.5) is 0 Å². The molecule has 2 rings (SSSR count). The van der Waals surface area contributed by atoms with Crippen LogP contribution in [-0.4, -0.2) is 23.0 Å². The van der Waals surface area contributed by atoms with E-state index in [4.69, 9.17) is 18.0 Å². The lowest BCUT2D eigenvalue weighted by Crippen LogP contribution is -2.23. The van der Waals surface area contributed by atoms with E-state index in [9.17, 15) is 0 Å². The molecular weight excluding hydrogens is 240 g/mol. The Kier molecular flexibility index (Phi) is 4.36. The monoisotopic (exact) mass is 262 g/mol. The highest BCUT2D eigenvalue weighted by Gasteiger charge is 2.25. The standard InChI is InChI=1S/C15H22N2S/c1-11(2)12-7-8-17(9-12)10-13-5-3-4-6-14(13)15(16)18/h3-6,11-12H,7-10H2,1-2H3,(H2,16,18). The fraction of sp³-hybridized carbons (Fsp3) is 0.533. The lowest BCUT2D eigenvalue weighted by Gasteiger charge is -2.19. The van der Waals surface area contributed by atoms with E-state index in [1.165, 1.54) is 25.1 Å². The molecule has 1 aliphatic rings. The van der Waals surface area contributed by atoms with Gasteiger partial charge in [-0.1, -0.05) is 50.3 Å². The second-order valence-electron chi connectivity index (χ2n) is 5.55. The van der Waals surface area contributed by atoms with Gasteiger partial charge in [-0.3, -0.25) is 4.90 Å². The van der Waals surface area contributed by atoms with Crippen LogP contribution in [-0.2, 0) is 6.54 Å². The quantitative estimate of drug-likeness (QED) is 0.846. The number of thiocarbonyl (C=S) groups is 1. The van der Waals surface area contributed by atoms with Crippen molar-refractivity contribution in [2.75, 3.05) is 13.1 Å². The smallest absolute Gasteiger partial charge is 0.104 e. The van der Waals surface area contributed by atoms with Crippen LogP contribution in [0.3, 0.4) is 0 Å². The summed E-state index contributed by atoms with van der Waals surface area (Å²) in [6, 6.07) is 8.22. The minimum absolute atomic E-state index is 0.505. The van der Waals surface area contributed by atoms with Crippen molar-refractivity contribution >= 4 is 17.2 Å². The van der Waals surface area contributed by atoms with Gasteiger partial charge in [-0.05, 0) is 30.4 Å². The van der Waals surface area contributed by atoms with Gasteiger partial charge in [-0.25, -0.2) is 0 Å². The van der Waals surface area contributed by atoms with E-state index >= 15 is 0 Å². The topological polar surface area (TPSA) is 29.3 Å². The first-order chi connectivity index (χ1) is 8.58. The van der Waals surface area contributed by atoms with Crippen molar-refractivity contribution in [1.29, 1.82) is 0 Å². The Balaban J connectivity index is 2.05. The number of hydrogen-bond acceptors (Lipinski definition) is 2. The Morgan fingerprint density at radius 1 is 1.44 bits per heavy atom. The number of rotatable bonds is 4. The maximum atomic E-state index is 5.78. The third-order valence-electron chi connectivity index (χ3n) is 3.93. The van der Waals surface area contributed by atoms with Crippen LogP contribution in [0.1, 0.15) is 31.4 Å². The highest BCUT2D eigenvalue weighted by atomic mass is 32.1. The van der Waals surface area contributed by atoms with E-state index in [1.54, 1.807) is 0 Å². The number of benzene rings is 1. The predicted molar refractivity (Wildman–Crippen MR) is 80.6 cm³/mol. The molecule has 0 bridgehead atoms. The zero-order valence-corrected chi connectivity index (χ0v) is 12.0. The van der Waals surface area contributed by atoms with Crippen LogP contribution in [0.5, 0.6) is 0 Å². The lowest BCUT2D eigenvalue weighted by molar-refractivity contribution is 0.296. The Hall–Kier alpha value is -0.930. The van der Waals surface area contributed by atoms with E-state index in [2.05, 4.69) is 30.9 Å². The van der Waals surface area contributed by atoms with E-state index in [-0.39, 0.29) is 0 Å². The summed E-state index contributed by atoms with van der Waals surface area (Å²) in [4.78, 5) is 3.02. The van der Waals surface area contributed by atoms with Crippen LogP contribution in [0.2, 0.25) is 0 Å². The molecule has 0 spiro atoms. The third-order valence-corrected chi connectivity index (χ3v) is 4.15. The average molecular weight is 262 g/mol. The molecule has 1 aromatic rings. The molecule has 1 saturated heterocycles. The third kappa shape index (κ3) is 3.09. The van der Waals surface area contributed by atoms with Gasteiger partial charge in [0.05, 0.1) is 0 Å². The molecule has 18 heavy (non-hydrogen) atoms. The molecular formula is C15H22N2S. The molecule has 1 heterocycles. The van der Waals surface area contributed by atoms with Crippen molar-refractivity contribution in [2.45, 2.75) is 26.8 Å². The summed E-state index contributed by atoms with van der Waals surface area (Å²) in [5.74, 6) is 1.61. The van der Waals surface area contributed by atoms with Gasteiger partial charge in [0.25, 0.3) is 0 Å². The Bertz CT molecular complexity index is 428. The second-order valence-corrected chi connectivity index (χ2v) is 5.99. The molecule has 3 heteroatoms. The fourth-order valence-corrected chi connectivity index (χ4v) is 2.89. The zero-order valence-electron chi connectivity index (χ0n) is 11.2. The Morgan fingerprint density at radius 2 is 2.17 bits per heavy atom. The predicted octanol–water partition coefficient (Wildman–Crippen LogP) is 2.80. The van der Waals surface area contributed by atoms with Crippen molar-refractivity contribution in [3.63, 3.8) is 0 Å². The second kappa shape index (κ2) is 5.81. The first-order valence-corrected chi connectivity index (χ1v) is 7.09. The molecule has 1 aliphatic heterocycles. The van der Waals surface area contributed by atoms with Crippen LogP contribution in [0.25, 0.3) is 0 Å². The first kappa shape index (κ1) is 13.5. The van der Waals surface area contributed by atoms with Gasteiger partial charge >= 0.3 is 0 Å². The maximum absolute atomic E-state index is 5.78. The summed E-state index contributed by atoms with van der Waals surface area (Å²) in [6.45, 7) is 7.99. The zero-order chi connectivity index (χ0) is 13.1. The van der Waals surface area contributed by atoms with E-state index in [0.717, 1.165) is 23.9 Å². The van der Waals surface area contributed by atoms with Gasteiger partial charge < -0.3 is 5.73 Å². The van der Waals surface area contributed by atoms with Crippen molar-refractivity contribution in [2.24, 2.45) is 17.6 Å². The van der Waals surface area contributed by atoms with Gasteiger partial charge in [0, 0.05) is 18.7 Å². The van der Waals surface area contributed by atoms with Crippen molar-refractivity contribution in [3.05, 3.63) is 35.4 Å². The minimum Gasteiger partial charge on any atom is -0.389 e. The molecule has 0 radical (unpaired) electrons. The summed E-state index contributed by atoms with van der Waals surface area (Å²) in [6.07, 6.45) is 1.31. The number of nitrogens with zero attached hydrogens (tertiary/aromatic N) is 1. The molecule has 98 valence electrons. The molecule has 2 N–H and O–H groups in total. The Labute approximate surface area is 115 Å². The summed E-state index contributed by atoms with van der Waals surface area (Å²) in [5, 5.41) is 0. The summed E-state index contributed by atoms with van der Waals surface area (Å²) >= 11 is 5.11. The number of likely N-dealkylation sites (tertiary alicyclic amines) is 1. The molecule has 0 aromatic heterocycles. The van der Waals surface area contributed by atoms with Crippen molar-refractivity contribution in [3.8, 4) is 0 Å². The van der Waals surface area contributed by atoms with Gasteiger partial charge in [0.15, 0.2) is 0 Å². The van der Waals surface area contributed by atoms with Gasteiger partial charge in [-0.15, -0.1) is 0 Å². The van der Waals surface area contributed by atoms with E-state index < -0.39 is 0 Å².